The number of nitrogen functional groups attached to an aromatic ring is 1. The van der Waals surface area contributed by atoms with Crippen molar-refractivity contribution < 1.29 is 38.6 Å². The van der Waals surface area contributed by atoms with Crippen LogP contribution in [0, 0.1) is 5.92 Å². The Hall–Kier alpha value is -4.29. The summed E-state index contributed by atoms with van der Waals surface area (Å²) in [7, 11) is 0. The minimum absolute atomic E-state index is 0.0142. The first-order chi connectivity index (χ1) is 21.8. The molecule has 3 heterocycles. The summed E-state index contributed by atoms with van der Waals surface area (Å²) in [5, 5.41) is 15.5. The zero-order valence-electron chi connectivity index (χ0n) is 26.8. The van der Waals surface area contributed by atoms with Crippen molar-refractivity contribution in [2.45, 2.75) is 108 Å². The largest absolute Gasteiger partial charge is 0.479 e. The van der Waals surface area contributed by atoms with E-state index in [0.29, 0.717) is 38.0 Å². The van der Waals surface area contributed by atoms with E-state index in [1.165, 1.54) is 4.90 Å². The number of carboxylic acid groups (broad SMARTS) is 1. The Kier molecular flexibility index (Phi) is 9.50. The predicted molar refractivity (Wildman–Crippen MR) is 167 cm³/mol. The van der Waals surface area contributed by atoms with Crippen LogP contribution in [0.4, 0.5) is 15.3 Å². The van der Waals surface area contributed by atoms with E-state index in [1.54, 1.807) is 31.7 Å². The Morgan fingerprint density at radius 3 is 2.65 bits per heavy atom. The van der Waals surface area contributed by atoms with Crippen molar-refractivity contribution in [3.63, 3.8) is 0 Å². The molecule has 1 aliphatic carbocycles. The van der Waals surface area contributed by atoms with Gasteiger partial charge in [0.2, 0.25) is 11.8 Å². The highest BCUT2D eigenvalue weighted by molar-refractivity contribution is 5.96. The molecule has 46 heavy (non-hydrogen) atoms. The number of ether oxygens (including phenoxy) is 2. The van der Waals surface area contributed by atoms with Crippen molar-refractivity contribution in [1.29, 1.82) is 0 Å². The van der Waals surface area contributed by atoms with Gasteiger partial charge in [-0.2, -0.15) is 0 Å². The van der Waals surface area contributed by atoms with Crippen molar-refractivity contribution >= 4 is 35.7 Å². The maximum Gasteiger partial charge on any atom is 0.410 e. The van der Waals surface area contributed by atoms with Crippen molar-refractivity contribution in [3.8, 4) is 0 Å². The van der Waals surface area contributed by atoms with Crippen LogP contribution in [0.15, 0.2) is 30.4 Å². The summed E-state index contributed by atoms with van der Waals surface area (Å²) in [5.41, 5.74) is 6.35. The molecule has 1 aromatic rings. The lowest BCUT2D eigenvalue weighted by Crippen LogP contribution is -2.56. The highest BCUT2D eigenvalue weighted by atomic mass is 16.6. The number of carboxylic acids is 1. The number of carbonyl (C=O) groups excluding carboxylic acids is 4. The summed E-state index contributed by atoms with van der Waals surface area (Å²) in [4.78, 5) is 69.2. The number of rotatable bonds is 3. The van der Waals surface area contributed by atoms with Gasteiger partial charge in [-0.1, -0.05) is 31.1 Å². The van der Waals surface area contributed by atoms with Gasteiger partial charge in [0.05, 0.1) is 6.54 Å². The number of amides is 4. The highest BCUT2D eigenvalue weighted by Crippen LogP contribution is 2.45. The molecule has 5 rings (SSSR count). The number of alkyl carbamates (subject to hydrolysis) is 1. The first kappa shape index (κ1) is 33.1. The van der Waals surface area contributed by atoms with Crippen molar-refractivity contribution in [3.05, 3.63) is 41.5 Å². The molecule has 3 aliphatic heterocycles. The fourth-order valence-electron chi connectivity index (χ4n) is 6.54. The molecule has 0 bridgehead atoms. The summed E-state index contributed by atoms with van der Waals surface area (Å²) in [5.74, 6) is -2.66. The van der Waals surface area contributed by atoms with E-state index >= 15 is 0 Å². The predicted octanol–water partition coefficient (Wildman–Crippen LogP) is 3.11. The fourth-order valence-corrected chi connectivity index (χ4v) is 6.54. The number of aliphatic carboxylic acids is 1. The van der Waals surface area contributed by atoms with Crippen LogP contribution in [0.1, 0.15) is 76.8 Å². The SMILES string of the molecule is CC(C)(C)OC(=O)N[C@H]1CCCCC/C=C\[C@@H]2C[C@@]2(C(=O)O)NC(=O)[C@@H]2C[C@@H](OC(=O)N3CCc4cc(N)ccc4C3)CN2C1=O. The van der Waals surface area contributed by atoms with Crippen molar-refractivity contribution in [1.82, 2.24) is 20.4 Å². The number of benzene rings is 1. The molecule has 250 valence electrons. The molecule has 4 amide bonds. The van der Waals surface area contributed by atoms with E-state index in [9.17, 15) is 29.1 Å². The Balaban J connectivity index is 1.36. The van der Waals surface area contributed by atoms with E-state index in [2.05, 4.69) is 10.6 Å². The van der Waals surface area contributed by atoms with Gasteiger partial charge in [0.25, 0.3) is 0 Å². The lowest BCUT2D eigenvalue weighted by atomic mass is 9.99. The van der Waals surface area contributed by atoms with Gasteiger partial charge in [-0.05, 0) is 76.1 Å². The van der Waals surface area contributed by atoms with Crippen molar-refractivity contribution in [2.24, 2.45) is 5.92 Å². The van der Waals surface area contributed by atoms with Gasteiger partial charge in [0.15, 0.2) is 0 Å². The Labute approximate surface area is 268 Å². The number of nitrogens with two attached hydrogens (primary N) is 1. The van der Waals surface area contributed by atoms with Gasteiger partial charge in [-0.3, -0.25) is 9.59 Å². The van der Waals surface area contributed by atoms with Gasteiger partial charge in [-0.15, -0.1) is 0 Å². The van der Waals surface area contributed by atoms with Gasteiger partial charge in [0.1, 0.15) is 29.3 Å². The minimum Gasteiger partial charge on any atom is -0.479 e. The molecule has 0 radical (unpaired) electrons. The highest BCUT2D eigenvalue weighted by Gasteiger charge is 2.61. The quantitative estimate of drug-likeness (QED) is 0.285. The molecular formula is C33H45N5O8. The number of anilines is 1. The smallest absolute Gasteiger partial charge is 0.410 e. The standard InChI is InChI=1S/C33H45N5O8/c1-32(2,3)46-30(43)35-25-10-8-6-4-5-7-9-22-17-33(22,29(41)42)36-27(39)26-16-24(19-38(26)28(25)40)45-31(44)37-14-13-20-15-23(34)12-11-21(20)18-37/h7,9,11-12,15,22,24-26H,4-6,8,10,13-14,16-19,34H2,1-3H3,(H,35,43)(H,36,39)(H,41,42)/b9-7-/t22-,24-,25+,26+,33-/m1/s1. The molecule has 5 N–H and O–H groups in total. The summed E-state index contributed by atoms with van der Waals surface area (Å²) >= 11 is 0. The molecule has 1 saturated heterocycles. The average molecular weight is 640 g/mol. The molecule has 4 aliphatic rings. The molecule has 1 saturated carbocycles. The van der Waals surface area contributed by atoms with Gasteiger partial charge >= 0.3 is 18.2 Å². The second-order valence-electron chi connectivity index (χ2n) is 13.8. The Bertz CT molecular complexity index is 1410. The van der Waals surface area contributed by atoms with Crippen LogP contribution in [0.3, 0.4) is 0 Å². The fraction of sp³-hybridized carbons (Fsp3) is 0.606. The average Bonchev–Trinajstić information content (AvgIpc) is 3.51. The number of nitrogens with one attached hydrogen (secondary N) is 2. The summed E-state index contributed by atoms with van der Waals surface area (Å²) in [6, 6.07) is 3.47. The lowest BCUT2D eigenvalue weighted by molar-refractivity contribution is -0.145. The van der Waals surface area contributed by atoms with E-state index in [4.69, 9.17) is 15.2 Å². The molecule has 13 nitrogen and oxygen atoms in total. The maximum absolute atomic E-state index is 14.1. The maximum atomic E-state index is 14.1. The lowest BCUT2D eigenvalue weighted by Gasteiger charge is -2.30. The zero-order chi connectivity index (χ0) is 33.2. The van der Waals surface area contributed by atoms with Crippen molar-refractivity contribution in [2.75, 3.05) is 18.8 Å². The van der Waals surface area contributed by atoms with Crippen LogP contribution in [-0.4, -0.2) is 87.3 Å². The minimum atomic E-state index is -1.46. The molecule has 2 fully saturated rings. The molecular weight excluding hydrogens is 594 g/mol. The Morgan fingerprint density at radius 2 is 1.91 bits per heavy atom. The molecule has 5 atom stereocenters. The molecule has 13 heteroatoms. The third-order valence-electron chi connectivity index (χ3n) is 9.08. The van der Waals surface area contributed by atoms with Crippen LogP contribution in [0.5, 0.6) is 0 Å². The first-order valence-electron chi connectivity index (χ1n) is 16.1. The summed E-state index contributed by atoms with van der Waals surface area (Å²) in [6.07, 6.45) is 5.76. The third kappa shape index (κ3) is 7.56. The summed E-state index contributed by atoms with van der Waals surface area (Å²) in [6.45, 7) is 5.84. The van der Waals surface area contributed by atoms with Crippen LogP contribution < -0.4 is 16.4 Å². The number of nitrogens with zero attached hydrogens (tertiary/aromatic N) is 2. The van der Waals surface area contributed by atoms with Gasteiger partial charge in [0, 0.05) is 31.1 Å². The normalized spacial score (nSPS) is 29.1. The number of hydrogen-bond donors (Lipinski definition) is 4. The topological polar surface area (TPSA) is 181 Å². The molecule has 1 aromatic carbocycles. The zero-order valence-corrected chi connectivity index (χ0v) is 26.8. The van der Waals surface area contributed by atoms with Gasteiger partial charge in [-0.25, -0.2) is 14.4 Å². The van der Waals surface area contributed by atoms with E-state index in [1.807, 2.05) is 24.3 Å². The second kappa shape index (κ2) is 13.2. The van der Waals surface area contributed by atoms with Gasteiger partial charge < -0.3 is 40.7 Å². The number of allylic oxidation sites excluding steroid dienone is 1. The third-order valence-corrected chi connectivity index (χ3v) is 9.08. The molecule has 0 unspecified atom stereocenters. The summed E-state index contributed by atoms with van der Waals surface area (Å²) < 4.78 is 11.3. The second-order valence-corrected chi connectivity index (χ2v) is 13.8. The number of hydrogen-bond acceptors (Lipinski definition) is 8. The Morgan fingerprint density at radius 1 is 1.13 bits per heavy atom. The van der Waals surface area contributed by atoms with Crippen LogP contribution in [0.2, 0.25) is 0 Å². The van der Waals surface area contributed by atoms with Crippen LogP contribution in [-0.2, 0) is 36.8 Å². The van der Waals surface area contributed by atoms with Crippen LogP contribution >= 0.6 is 0 Å². The first-order valence-corrected chi connectivity index (χ1v) is 16.1. The number of carbonyl (C=O) groups is 5. The molecule has 0 spiro atoms. The van der Waals surface area contributed by atoms with E-state index in [0.717, 1.165) is 30.4 Å². The van der Waals surface area contributed by atoms with E-state index < -0.39 is 59.3 Å². The molecule has 0 aromatic heterocycles. The monoisotopic (exact) mass is 639 g/mol. The van der Waals surface area contributed by atoms with Crippen LogP contribution in [0.25, 0.3) is 0 Å². The number of fused-ring (bicyclic) bond motifs is 3. The van der Waals surface area contributed by atoms with E-state index in [-0.39, 0.29) is 25.3 Å².